The predicted octanol–water partition coefficient (Wildman–Crippen LogP) is 3.27. The number of aromatic amines is 1. The van der Waals surface area contributed by atoms with Gasteiger partial charge in [0.25, 0.3) is 0 Å². The van der Waals surface area contributed by atoms with E-state index in [2.05, 4.69) is 25.9 Å². The van der Waals surface area contributed by atoms with Crippen LogP contribution in [0.2, 0.25) is 0 Å². The highest BCUT2D eigenvalue weighted by molar-refractivity contribution is 9.10. The molecule has 0 aliphatic carbocycles. The lowest BCUT2D eigenvalue weighted by Crippen LogP contribution is -2.03. The molecular formula is C11H7BrN2O2S. The minimum absolute atomic E-state index is 0.0278. The molecule has 0 aliphatic rings. The van der Waals surface area contributed by atoms with Crippen LogP contribution in [0.15, 0.2) is 34.8 Å². The molecule has 2 N–H and O–H groups in total. The first kappa shape index (κ1) is 11.9. The van der Waals surface area contributed by atoms with Crippen molar-refractivity contribution in [1.29, 1.82) is 0 Å². The van der Waals surface area contributed by atoms with Crippen molar-refractivity contribution in [2.45, 2.75) is 0 Å². The van der Waals surface area contributed by atoms with Gasteiger partial charge in [-0.1, -0.05) is 40.3 Å². The van der Waals surface area contributed by atoms with E-state index in [4.69, 9.17) is 17.3 Å². The number of aromatic carboxylic acids is 1. The molecule has 0 bridgehead atoms. The van der Waals surface area contributed by atoms with Gasteiger partial charge in [0.1, 0.15) is 16.2 Å². The maximum Gasteiger partial charge on any atom is 0.352 e. The Morgan fingerprint density at radius 3 is 2.82 bits per heavy atom. The van der Waals surface area contributed by atoms with Gasteiger partial charge in [-0.25, -0.2) is 9.78 Å². The monoisotopic (exact) mass is 310 g/mol. The molecule has 0 unspecified atom stereocenters. The van der Waals surface area contributed by atoms with Gasteiger partial charge >= 0.3 is 5.97 Å². The van der Waals surface area contributed by atoms with E-state index in [0.29, 0.717) is 5.82 Å². The molecular weight excluding hydrogens is 304 g/mol. The van der Waals surface area contributed by atoms with E-state index >= 15 is 0 Å². The summed E-state index contributed by atoms with van der Waals surface area (Å²) in [6.45, 7) is 0. The zero-order valence-electron chi connectivity index (χ0n) is 8.48. The van der Waals surface area contributed by atoms with Gasteiger partial charge in [0.2, 0.25) is 0 Å². The summed E-state index contributed by atoms with van der Waals surface area (Å²) < 4.78 is 1.13. The molecule has 0 spiro atoms. The van der Waals surface area contributed by atoms with Crippen molar-refractivity contribution in [2.75, 3.05) is 0 Å². The Hall–Kier alpha value is -1.53. The lowest BCUT2D eigenvalue weighted by Gasteiger charge is -2.03. The summed E-state index contributed by atoms with van der Waals surface area (Å²) in [5, 5.41) is 8.92. The summed E-state index contributed by atoms with van der Waals surface area (Å²) in [5.74, 6) is -0.619. The maximum absolute atomic E-state index is 10.9. The number of carbonyl (C=O) groups is 1. The fourth-order valence-electron chi connectivity index (χ4n) is 1.35. The second-order valence-corrected chi connectivity index (χ2v) is 4.63. The van der Waals surface area contributed by atoms with Crippen molar-refractivity contribution < 1.29 is 9.90 Å². The molecule has 0 saturated heterocycles. The molecule has 0 fully saturated rings. The van der Waals surface area contributed by atoms with Gasteiger partial charge in [0.15, 0.2) is 0 Å². The molecule has 17 heavy (non-hydrogen) atoms. The van der Waals surface area contributed by atoms with Crippen LogP contribution in [-0.4, -0.2) is 21.0 Å². The van der Waals surface area contributed by atoms with Crippen LogP contribution in [0.25, 0.3) is 11.4 Å². The molecule has 2 aromatic rings. The minimum Gasteiger partial charge on any atom is -0.477 e. The number of H-pyrrole nitrogens is 1. The third kappa shape index (κ3) is 2.78. The van der Waals surface area contributed by atoms with E-state index in [1.165, 1.54) is 6.07 Å². The van der Waals surface area contributed by atoms with Gasteiger partial charge in [-0.2, -0.15) is 0 Å². The molecule has 0 atom stereocenters. The van der Waals surface area contributed by atoms with Gasteiger partial charge in [-0.3, -0.25) is 0 Å². The number of carboxylic acid groups (broad SMARTS) is 1. The van der Waals surface area contributed by atoms with E-state index in [1.54, 1.807) is 0 Å². The summed E-state index contributed by atoms with van der Waals surface area (Å²) in [5.41, 5.74) is 0.800. The zero-order valence-corrected chi connectivity index (χ0v) is 10.9. The topological polar surface area (TPSA) is 66.0 Å². The van der Waals surface area contributed by atoms with Crippen molar-refractivity contribution in [3.05, 3.63) is 45.1 Å². The van der Waals surface area contributed by atoms with Crippen molar-refractivity contribution in [2.24, 2.45) is 0 Å². The van der Waals surface area contributed by atoms with Crippen LogP contribution in [0.3, 0.4) is 0 Å². The number of rotatable bonds is 2. The van der Waals surface area contributed by atoms with Crippen LogP contribution in [0.1, 0.15) is 10.5 Å². The number of hydrogen-bond donors (Lipinski definition) is 2. The molecule has 1 aromatic carbocycles. The van der Waals surface area contributed by atoms with Crippen molar-refractivity contribution in [3.63, 3.8) is 0 Å². The van der Waals surface area contributed by atoms with Crippen LogP contribution in [0, 0.1) is 4.64 Å². The normalized spacial score (nSPS) is 10.2. The lowest BCUT2D eigenvalue weighted by molar-refractivity contribution is 0.0690. The largest absolute Gasteiger partial charge is 0.477 e. The Kier molecular flexibility index (Phi) is 3.35. The van der Waals surface area contributed by atoms with Crippen molar-refractivity contribution in [1.82, 2.24) is 9.97 Å². The number of nitrogens with one attached hydrogen (secondary N) is 1. The number of benzene rings is 1. The minimum atomic E-state index is -1.06. The Balaban J connectivity index is 2.60. The molecule has 0 aliphatic heterocycles. The van der Waals surface area contributed by atoms with E-state index < -0.39 is 5.97 Å². The predicted molar refractivity (Wildman–Crippen MR) is 69.5 cm³/mol. The van der Waals surface area contributed by atoms with Gasteiger partial charge in [-0.15, -0.1) is 0 Å². The van der Waals surface area contributed by atoms with Crippen molar-refractivity contribution in [3.8, 4) is 11.4 Å². The third-order valence-electron chi connectivity index (χ3n) is 2.07. The van der Waals surface area contributed by atoms with Gasteiger partial charge in [0, 0.05) is 16.1 Å². The quantitative estimate of drug-likeness (QED) is 0.836. The Labute approximate surface area is 110 Å². The first-order valence-corrected chi connectivity index (χ1v) is 5.87. The average Bonchev–Trinajstić information content (AvgIpc) is 2.28. The number of nitrogens with zero attached hydrogens (tertiary/aromatic N) is 1. The zero-order chi connectivity index (χ0) is 12.4. The Morgan fingerprint density at radius 2 is 2.18 bits per heavy atom. The van der Waals surface area contributed by atoms with E-state index in [9.17, 15) is 4.79 Å². The van der Waals surface area contributed by atoms with Crippen LogP contribution in [0.4, 0.5) is 0 Å². The Bertz CT molecular complexity index is 639. The smallest absolute Gasteiger partial charge is 0.352 e. The highest BCUT2D eigenvalue weighted by Crippen LogP contribution is 2.19. The molecule has 0 amide bonds. The first-order chi connectivity index (χ1) is 8.06. The Morgan fingerprint density at radius 1 is 1.41 bits per heavy atom. The summed E-state index contributed by atoms with van der Waals surface area (Å²) >= 11 is 8.27. The molecule has 2 rings (SSSR count). The molecule has 6 heteroatoms. The van der Waals surface area contributed by atoms with Gasteiger partial charge in [-0.05, 0) is 12.1 Å². The number of hydrogen-bond acceptors (Lipinski definition) is 3. The number of carboxylic acids is 1. The SMILES string of the molecule is O=C(O)c1cc(=S)nc(-c2cccc(Br)c2)[nH]1. The van der Waals surface area contributed by atoms with Crippen LogP contribution < -0.4 is 0 Å². The molecule has 0 saturated carbocycles. The first-order valence-electron chi connectivity index (χ1n) is 4.67. The van der Waals surface area contributed by atoms with Crippen LogP contribution in [0.5, 0.6) is 0 Å². The second-order valence-electron chi connectivity index (χ2n) is 3.30. The van der Waals surface area contributed by atoms with E-state index in [0.717, 1.165) is 10.0 Å². The summed E-state index contributed by atoms with van der Waals surface area (Å²) in [7, 11) is 0. The summed E-state index contributed by atoms with van der Waals surface area (Å²) in [6.07, 6.45) is 0. The average molecular weight is 311 g/mol. The summed E-state index contributed by atoms with van der Waals surface area (Å²) in [6, 6.07) is 8.69. The molecule has 86 valence electrons. The van der Waals surface area contributed by atoms with Crippen LogP contribution >= 0.6 is 28.1 Å². The maximum atomic E-state index is 10.9. The number of aromatic nitrogens is 2. The number of halogens is 1. The molecule has 1 heterocycles. The second kappa shape index (κ2) is 4.77. The highest BCUT2D eigenvalue weighted by Gasteiger charge is 2.07. The molecule has 1 aromatic heterocycles. The molecule has 0 radical (unpaired) electrons. The van der Waals surface area contributed by atoms with E-state index in [1.807, 2.05) is 24.3 Å². The molecule has 4 nitrogen and oxygen atoms in total. The fraction of sp³-hybridized carbons (Fsp3) is 0. The van der Waals surface area contributed by atoms with Gasteiger partial charge < -0.3 is 10.1 Å². The fourth-order valence-corrected chi connectivity index (χ4v) is 1.95. The van der Waals surface area contributed by atoms with Crippen molar-refractivity contribution >= 4 is 34.1 Å². The summed E-state index contributed by atoms with van der Waals surface area (Å²) in [4.78, 5) is 17.7. The van der Waals surface area contributed by atoms with Gasteiger partial charge in [0.05, 0.1) is 0 Å². The highest BCUT2D eigenvalue weighted by atomic mass is 79.9. The third-order valence-corrected chi connectivity index (χ3v) is 2.77. The standard InChI is InChI=1S/C11H7BrN2O2S/c12-7-3-1-2-6(4-7)10-13-8(11(15)16)5-9(17)14-10/h1-5H,(H,15,16)(H,13,14,17). The van der Waals surface area contributed by atoms with Crippen LogP contribution in [-0.2, 0) is 0 Å². The van der Waals surface area contributed by atoms with E-state index in [-0.39, 0.29) is 10.3 Å². The lowest BCUT2D eigenvalue weighted by atomic mass is 10.2.